The third-order valence-corrected chi connectivity index (χ3v) is 21.5. The van der Waals surface area contributed by atoms with Gasteiger partial charge in [-0.15, -0.1) is 0 Å². The molecule has 2 saturated heterocycles. The van der Waals surface area contributed by atoms with Crippen molar-refractivity contribution in [3.63, 3.8) is 0 Å². The Labute approximate surface area is 371 Å². The second-order valence-corrected chi connectivity index (χ2v) is 25.5. The Morgan fingerprint density at radius 3 is 2.15 bits per heavy atom. The van der Waals surface area contributed by atoms with E-state index >= 15 is 0 Å². The van der Waals surface area contributed by atoms with Crippen LogP contribution in [-0.4, -0.2) is 35.3 Å². The third kappa shape index (κ3) is 11.2. The topological polar surface area (TPSA) is 27.7 Å². The van der Waals surface area contributed by atoms with Crippen LogP contribution < -0.4 is 0 Å². The molecule has 6 aliphatic rings. The minimum absolute atomic E-state index is 0.153. The van der Waals surface area contributed by atoms with E-state index in [0.717, 1.165) is 35.3 Å². The summed E-state index contributed by atoms with van der Waals surface area (Å²) in [7, 11) is -1.40. The predicted molar refractivity (Wildman–Crippen MR) is 263 cm³/mol. The van der Waals surface area contributed by atoms with Crippen molar-refractivity contribution in [2.45, 2.75) is 200 Å². The van der Waals surface area contributed by atoms with E-state index in [9.17, 15) is 0 Å². The zero-order valence-corrected chi connectivity index (χ0v) is 41.1. The molecule has 0 aromatic heterocycles. The van der Waals surface area contributed by atoms with Gasteiger partial charge in [-0.05, 0) is 127 Å². The van der Waals surface area contributed by atoms with Crippen molar-refractivity contribution < 1.29 is 14.2 Å². The van der Waals surface area contributed by atoms with Gasteiger partial charge >= 0.3 is 0 Å². The van der Waals surface area contributed by atoms with E-state index in [4.69, 9.17) is 20.8 Å². The molecule has 0 N–H and O–H groups in total. The molecular weight excluding hydrogens is 771 g/mol. The molecule has 0 spiro atoms. The van der Waals surface area contributed by atoms with Crippen LogP contribution in [0.2, 0.25) is 0 Å². The van der Waals surface area contributed by atoms with Gasteiger partial charge in [-0.1, -0.05) is 168 Å². The molecule has 13 unspecified atom stereocenters. The van der Waals surface area contributed by atoms with Crippen LogP contribution in [0.4, 0.5) is 0 Å². The maximum Gasteiger partial charge on any atom is 0.127 e. The molecular formula is C55H84O3P2. The smallest absolute Gasteiger partial charge is 0.127 e. The molecule has 0 aromatic rings. The van der Waals surface area contributed by atoms with Crippen LogP contribution in [0.1, 0.15) is 165 Å². The first kappa shape index (κ1) is 47.6. The number of allylic oxidation sites excluding steroid dienone is 11. The van der Waals surface area contributed by atoms with Gasteiger partial charge in [0.05, 0.1) is 18.5 Å². The van der Waals surface area contributed by atoms with Gasteiger partial charge in [0.25, 0.3) is 0 Å². The quantitative estimate of drug-likeness (QED) is 0.129. The van der Waals surface area contributed by atoms with Gasteiger partial charge in [0.15, 0.2) is 0 Å². The van der Waals surface area contributed by atoms with Gasteiger partial charge in [-0.2, -0.15) is 0 Å². The molecule has 0 bridgehead atoms. The standard InChI is InChI=1S/C55H84O3P2/c1-12-15-18-20-24-43-34-45-53(51(36-43)59-31-29-39(6)23-22-30-56-41(8)49(59)32-38(4)5)58-54-46(55(45,10)11)35-44(25-21-19-16-13-2)37-52(54)60-42(9)47(26-17-14-3)57-48-28-27-40(7)33-50(48)60/h14,17,22-23,26,29-32,40,43-46,48,50-54H,4,8-9,12-13,15-16,18-21,24-25,27-28,33-37H2,1-3,5-7,10-11H3/b17-14+,30-22+,31-29+,39-23-,47-26+,49-32+. The summed E-state index contributed by atoms with van der Waals surface area (Å²) in [6, 6.07) is 0. The molecule has 3 aliphatic carbocycles. The van der Waals surface area contributed by atoms with Crippen LogP contribution in [0.15, 0.2) is 108 Å². The first-order valence-electron chi connectivity index (χ1n) is 24.5. The zero-order chi connectivity index (χ0) is 43.0. The molecule has 3 heterocycles. The molecule has 332 valence electrons. The van der Waals surface area contributed by atoms with E-state index in [1.807, 2.05) is 12.3 Å². The Morgan fingerprint density at radius 1 is 0.867 bits per heavy atom. The molecule has 0 aromatic carbocycles. The summed E-state index contributed by atoms with van der Waals surface area (Å²) in [6.45, 7) is 33.0. The van der Waals surface area contributed by atoms with Crippen molar-refractivity contribution in [1.29, 1.82) is 0 Å². The lowest BCUT2D eigenvalue weighted by molar-refractivity contribution is -0.207. The summed E-state index contributed by atoms with van der Waals surface area (Å²) in [5, 5.41) is 2.53. The maximum absolute atomic E-state index is 8.19. The van der Waals surface area contributed by atoms with Crippen LogP contribution in [0.25, 0.3) is 0 Å². The predicted octanol–water partition coefficient (Wildman–Crippen LogP) is 17.0. The lowest BCUT2D eigenvalue weighted by Crippen LogP contribution is -2.63. The highest BCUT2D eigenvalue weighted by atomic mass is 31.1. The number of ether oxygens (including phenoxy) is 3. The molecule has 5 fully saturated rings. The number of unbranched alkanes of at least 4 members (excludes halogenated alkanes) is 6. The second-order valence-electron chi connectivity index (χ2n) is 20.5. The number of rotatable bonds is 14. The van der Waals surface area contributed by atoms with Gasteiger partial charge in [0.2, 0.25) is 0 Å². The fourth-order valence-electron chi connectivity index (χ4n) is 12.3. The summed E-state index contributed by atoms with van der Waals surface area (Å²) < 4.78 is 21.5. The van der Waals surface area contributed by atoms with Gasteiger partial charge < -0.3 is 14.2 Å². The first-order valence-corrected chi connectivity index (χ1v) is 27.5. The van der Waals surface area contributed by atoms with E-state index < -0.39 is 15.8 Å². The van der Waals surface area contributed by atoms with E-state index in [-0.39, 0.29) is 17.6 Å². The minimum Gasteiger partial charge on any atom is -0.489 e. The van der Waals surface area contributed by atoms with E-state index in [1.54, 1.807) is 0 Å². The molecule has 3 aliphatic heterocycles. The molecule has 13 atom stereocenters. The van der Waals surface area contributed by atoms with E-state index in [2.05, 4.69) is 111 Å². The van der Waals surface area contributed by atoms with Crippen molar-refractivity contribution in [2.24, 2.45) is 35.0 Å². The van der Waals surface area contributed by atoms with Crippen molar-refractivity contribution in [3.8, 4) is 0 Å². The molecule has 0 radical (unpaired) electrons. The summed E-state index contributed by atoms with van der Waals surface area (Å²) in [5.41, 5.74) is 3.88. The minimum atomic E-state index is -0.827. The van der Waals surface area contributed by atoms with Crippen molar-refractivity contribution in [2.75, 3.05) is 0 Å². The third-order valence-electron chi connectivity index (χ3n) is 15.5. The van der Waals surface area contributed by atoms with Gasteiger partial charge in [-0.3, -0.25) is 0 Å². The van der Waals surface area contributed by atoms with Crippen LogP contribution in [0, 0.1) is 35.0 Å². The highest BCUT2D eigenvalue weighted by Gasteiger charge is 2.61. The molecule has 3 saturated carbocycles. The fourth-order valence-corrected chi connectivity index (χ4v) is 19.2. The van der Waals surface area contributed by atoms with E-state index in [0.29, 0.717) is 40.8 Å². The molecule has 5 heteroatoms. The number of hydrogen-bond acceptors (Lipinski definition) is 3. The van der Waals surface area contributed by atoms with Crippen molar-refractivity contribution in [1.82, 2.24) is 0 Å². The summed E-state index contributed by atoms with van der Waals surface area (Å²) in [4.78, 5) is 0. The normalized spacial score (nSPS) is 40.1. The largest absolute Gasteiger partial charge is 0.489 e. The average Bonchev–Trinajstić information content (AvgIpc) is 3.21. The first-order chi connectivity index (χ1) is 28.9. The summed E-state index contributed by atoms with van der Waals surface area (Å²) in [5.74, 6) is 7.59. The second kappa shape index (κ2) is 22.1. The Hall–Kier alpha value is -1.92. The molecule has 6 rings (SSSR count). The highest BCUT2D eigenvalue weighted by Crippen LogP contribution is 2.71. The lowest BCUT2D eigenvalue weighted by Gasteiger charge is -2.63. The zero-order valence-electron chi connectivity index (χ0n) is 39.3. The fraction of sp³-hybridized carbons (Fsp3) is 0.673. The number of fused-ring (bicyclic) bond motifs is 3. The van der Waals surface area contributed by atoms with Crippen molar-refractivity contribution in [3.05, 3.63) is 108 Å². The van der Waals surface area contributed by atoms with Gasteiger partial charge in [0, 0.05) is 27.6 Å². The molecule has 0 amide bonds. The Balaban J connectivity index is 1.46. The van der Waals surface area contributed by atoms with Crippen LogP contribution in [0.3, 0.4) is 0 Å². The summed E-state index contributed by atoms with van der Waals surface area (Å²) >= 11 is 0. The monoisotopic (exact) mass is 855 g/mol. The number of hydrogen-bond donors (Lipinski definition) is 0. The maximum atomic E-state index is 8.19. The van der Waals surface area contributed by atoms with E-state index in [1.165, 1.54) is 119 Å². The average molecular weight is 855 g/mol. The Bertz CT molecular complexity index is 1670. The van der Waals surface area contributed by atoms with Crippen LogP contribution in [-0.2, 0) is 14.2 Å². The van der Waals surface area contributed by atoms with Crippen LogP contribution >= 0.6 is 15.8 Å². The molecule has 3 nitrogen and oxygen atoms in total. The lowest BCUT2D eigenvalue weighted by atomic mass is 9.54. The highest BCUT2D eigenvalue weighted by molar-refractivity contribution is 7.66. The summed E-state index contributed by atoms with van der Waals surface area (Å²) in [6.07, 6.45) is 40.0. The molecule has 60 heavy (non-hydrogen) atoms. The van der Waals surface area contributed by atoms with Gasteiger partial charge in [0.1, 0.15) is 17.6 Å². The SMILES string of the molecule is C=C(C)/C=C1\C(=C)O/C=C/C=C(C)\C=C\P1C1CC(CCCCCC)CC2C1OC1C(P3C(=C)/C(=C\C=C\C)OC4CCC(C)CC43)CC(CCCCCC)CC1C2(C)C. The van der Waals surface area contributed by atoms with Crippen molar-refractivity contribution >= 4 is 15.8 Å². The van der Waals surface area contributed by atoms with Crippen LogP contribution in [0.5, 0.6) is 0 Å². The van der Waals surface area contributed by atoms with Gasteiger partial charge in [-0.25, -0.2) is 0 Å². The Kier molecular flexibility index (Phi) is 17.5. The Morgan fingerprint density at radius 2 is 1.52 bits per heavy atom.